The lowest BCUT2D eigenvalue weighted by molar-refractivity contribution is -0.461. The van der Waals surface area contributed by atoms with Crippen molar-refractivity contribution in [3.63, 3.8) is 0 Å². The molecule has 1 aromatic rings. The van der Waals surface area contributed by atoms with Crippen LogP contribution >= 0.6 is 0 Å². The van der Waals surface area contributed by atoms with Crippen molar-refractivity contribution in [1.82, 2.24) is 5.48 Å². The quantitative estimate of drug-likeness (QED) is 0.0218. The normalized spacial score (nSPS) is 16.1. The van der Waals surface area contributed by atoms with E-state index in [4.69, 9.17) is 14.4 Å². The molecule has 0 unspecified atom stereocenters. The molecular formula is C33H40F17NO5Si. The summed E-state index contributed by atoms with van der Waals surface area (Å²) >= 11 is 0. The fourth-order valence-electron chi connectivity index (χ4n) is 5.51. The van der Waals surface area contributed by atoms with Gasteiger partial charge in [0.2, 0.25) is 0 Å². The van der Waals surface area contributed by atoms with Crippen molar-refractivity contribution in [2.24, 2.45) is 5.92 Å². The largest absolute Gasteiger partial charge is 0.491 e. The molecule has 6 nitrogen and oxygen atoms in total. The van der Waals surface area contributed by atoms with Crippen LogP contribution in [0.15, 0.2) is 48.1 Å². The molecule has 3 N–H and O–H groups in total. The third kappa shape index (κ3) is 10.2. The SMILES string of the molecule is CC(/C=C/[C@H](C)[C@@H](O)c1ccc(OCCO[Si](CCC(F)(F)C(F)(F)C(F)(F)C(F)(F)C(F)(F)C(F)(F)C(F)(F)C(F)(F)F)(C(C)C)C(C)C)cc1)=C\C(=O)NO. The van der Waals surface area contributed by atoms with Gasteiger partial charge in [0.25, 0.3) is 5.91 Å². The van der Waals surface area contributed by atoms with Gasteiger partial charge in [-0.2, -0.15) is 74.6 Å². The zero-order valence-corrected chi connectivity index (χ0v) is 31.7. The summed E-state index contributed by atoms with van der Waals surface area (Å²) in [6.45, 7) is 7.59. The summed E-state index contributed by atoms with van der Waals surface area (Å²) < 4.78 is 245. The van der Waals surface area contributed by atoms with Crippen LogP contribution in [-0.2, 0) is 9.22 Å². The molecule has 1 amide bonds. The Morgan fingerprint density at radius 3 is 1.58 bits per heavy atom. The highest BCUT2D eigenvalue weighted by molar-refractivity contribution is 6.76. The van der Waals surface area contributed by atoms with Crippen LogP contribution in [0.25, 0.3) is 0 Å². The average molecular weight is 882 g/mol. The van der Waals surface area contributed by atoms with E-state index in [0.717, 1.165) is 6.08 Å². The zero-order chi connectivity index (χ0) is 45.0. The first kappa shape index (κ1) is 51.9. The number of aliphatic hydroxyl groups is 1. The smallest absolute Gasteiger partial charge is 0.460 e. The topological polar surface area (TPSA) is 88.0 Å². The Morgan fingerprint density at radius 2 is 1.16 bits per heavy atom. The first-order chi connectivity index (χ1) is 25.5. The number of carbonyl (C=O) groups excluding carboxylic acids is 1. The third-order valence-corrected chi connectivity index (χ3v) is 14.8. The van der Waals surface area contributed by atoms with E-state index >= 15 is 0 Å². The molecule has 24 heteroatoms. The summed E-state index contributed by atoms with van der Waals surface area (Å²) in [5, 5.41) is 19.2. The Balaban J connectivity index is 3.20. The summed E-state index contributed by atoms with van der Waals surface area (Å²) in [6.07, 6.45) is -7.25. The molecule has 0 aliphatic heterocycles. The average Bonchev–Trinajstić information content (AvgIpc) is 3.08. The van der Waals surface area contributed by atoms with Crippen molar-refractivity contribution in [2.45, 2.75) is 119 Å². The van der Waals surface area contributed by atoms with Gasteiger partial charge in [-0.15, -0.1) is 0 Å². The molecular weight excluding hydrogens is 841 g/mol. The fraction of sp³-hybridized carbons (Fsp3) is 0.667. The number of nitrogens with one attached hydrogen (secondary N) is 1. The molecule has 0 aliphatic carbocycles. The van der Waals surface area contributed by atoms with Gasteiger partial charge in [-0.1, -0.05) is 58.9 Å². The van der Waals surface area contributed by atoms with Crippen molar-refractivity contribution in [3.05, 3.63) is 53.6 Å². The van der Waals surface area contributed by atoms with Crippen LogP contribution < -0.4 is 10.2 Å². The molecule has 0 bridgehead atoms. The minimum absolute atomic E-state index is 0.151. The number of hydroxylamine groups is 1. The molecule has 0 fully saturated rings. The van der Waals surface area contributed by atoms with Gasteiger partial charge < -0.3 is 14.3 Å². The van der Waals surface area contributed by atoms with E-state index in [1.165, 1.54) is 63.5 Å². The van der Waals surface area contributed by atoms with Crippen LogP contribution in [0.2, 0.25) is 17.1 Å². The number of hydrogen-bond donors (Lipinski definition) is 3. The number of aliphatic hydroxyl groups excluding tert-OH is 1. The van der Waals surface area contributed by atoms with Crippen LogP contribution in [0.5, 0.6) is 5.75 Å². The van der Waals surface area contributed by atoms with Crippen molar-refractivity contribution < 1.29 is 98.9 Å². The highest BCUT2D eigenvalue weighted by Crippen LogP contribution is 2.64. The third-order valence-electron chi connectivity index (χ3n) is 9.15. The molecule has 0 saturated carbocycles. The van der Waals surface area contributed by atoms with Gasteiger partial charge >= 0.3 is 47.6 Å². The van der Waals surface area contributed by atoms with Gasteiger partial charge in [-0.05, 0) is 47.3 Å². The van der Waals surface area contributed by atoms with E-state index in [0.29, 0.717) is 11.1 Å². The van der Waals surface area contributed by atoms with Gasteiger partial charge in [0.05, 0.1) is 12.7 Å². The standard InChI is InChI=1S/C33H40F17NO5Si/c1-18(2)57(19(3)4,56-15-14-55-23-11-9-22(10-12-23)25(53)21(6)8-7-20(5)17-24(52)51-54)16-13-26(34,35)27(36,37)28(38,39)29(40,41)30(42,43)31(44,45)32(46,47)33(48,49)50/h7-12,17-19,21,25,53-54H,13-16H2,1-6H3,(H,51,52)/b8-7+,20-17+/t21-,25+/m0/s1. The lowest BCUT2D eigenvalue weighted by Crippen LogP contribution is -2.74. The van der Waals surface area contributed by atoms with Gasteiger partial charge in [0.1, 0.15) is 12.4 Å². The summed E-state index contributed by atoms with van der Waals surface area (Å²) in [5.41, 5.74) is 0.542. The molecule has 0 aromatic heterocycles. The van der Waals surface area contributed by atoms with Crippen molar-refractivity contribution in [1.29, 1.82) is 0 Å². The van der Waals surface area contributed by atoms with Crippen molar-refractivity contribution >= 4 is 14.2 Å². The zero-order valence-electron chi connectivity index (χ0n) is 30.7. The Labute approximate surface area is 316 Å². The summed E-state index contributed by atoms with van der Waals surface area (Å²) in [6, 6.07) is 4.38. The number of alkyl halides is 17. The lowest BCUT2D eigenvalue weighted by atomic mass is 9.88. The number of halogens is 17. The van der Waals surface area contributed by atoms with E-state index in [9.17, 15) is 84.5 Å². The minimum atomic E-state index is -8.69. The molecule has 1 rings (SSSR count). The number of hydrogen-bond acceptors (Lipinski definition) is 5. The Morgan fingerprint density at radius 1 is 0.719 bits per heavy atom. The Bertz CT molecular complexity index is 1540. The first-order valence-corrected chi connectivity index (χ1v) is 18.8. The molecule has 1 aromatic carbocycles. The maximum atomic E-state index is 14.9. The van der Waals surface area contributed by atoms with Crippen LogP contribution in [-0.4, -0.2) is 85.4 Å². The second-order valence-corrected chi connectivity index (χ2v) is 18.7. The van der Waals surface area contributed by atoms with Crippen LogP contribution in [0.1, 0.15) is 59.6 Å². The molecule has 2 atom stereocenters. The van der Waals surface area contributed by atoms with Crippen molar-refractivity contribution in [2.75, 3.05) is 13.2 Å². The Kier molecular flexibility index (Phi) is 16.4. The number of rotatable bonds is 21. The van der Waals surface area contributed by atoms with E-state index in [-0.39, 0.29) is 12.4 Å². The van der Waals surface area contributed by atoms with Gasteiger partial charge in [-0.3, -0.25) is 10.0 Å². The molecule has 0 radical (unpaired) electrons. The van der Waals surface area contributed by atoms with Gasteiger partial charge in [0.15, 0.2) is 8.32 Å². The van der Waals surface area contributed by atoms with Gasteiger partial charge in [0, 0.05) is 18.4 Å². The molecule has 0 heterocycles. The first-order valence-electron chi connectivity index (χ1n) is 16.5. The second kappa shape index (κ2) is 18.0. The van der Waals surface area contributed by atoms with Crippen LogP contribution in [0.4, 0.5) is 74.6 Å². The summed E-state index contributed by atoms with van der Waals surface area (Å²) in [5.74, 6) is -57.8. The van der Waals surface area contributed by atoms with E-state index in [1.54, 1.807) is 19.9 Å². The molecule has 0 spiro atoms. The predicted octanol–water partition coefficient (Wildman–Crippen LogP) is 10.9. The van der Waals surface area contributed by atoms with Crippen LogP contribution in [0, 0.1) is 5.92 Å². The Hall–Kier alpha value is -3.12. The number of carbonyl (C=O) groups is 1. The number of benzene rings is 1. The second-order valence-electron chi connectivity index (χ2n) is 13.7. The molecule has 57 heavy (non-hydrogen) atoms. The summed E-state index contributed by atoms with van der Waals surface area (Å²) in [4.78, 5) is 11.2. The van der Waals surface area contributed by atoms with Gasteiger partial charge in [-0.25, -0.2) is 5.48 Å². The van der Waals surface area contributed by atoms with E-state index in [2.05, 4.69) is 0 Å². The lowest BCUT2D eigenvalue weighted by Gasteiger charge is -2.44. The minimum Gasteiger partial charge on any atom is -0.491 e. The molecule has 0 saturated heterocycles. The molecule has 0 aliphatic rings. The highest BCUT2D eigenvalue weighted by atomic mass is 28.4. The highest BCUT2D eigenvalue weighted by Gasteiger charge is 2.95. The monoisotopic (exact) mass is 881 g/mol. The van der Waals surface area contributed by atoms with Crippen molar-refractivity contribution in [3.8, 4) is 5.75 Å². The number of allylic oxidation sites excluding steroid dienone is 2. The predicted molar refractivity (Wildman–Crippen MR) is 171 cm³/mol. The van der Waals surface area contributed by atoms with E-state index in [1.807, 2.05) is 0 Å². The maximum absolute atomic E-state index is 14.9. The van der Waals surface area contributed by atoms with E-state index < -0.39 is 104 Å². The molecule has 330 valence electrons. The number of ether oxygens (including phenoxy) is 1. The number of amides is 1. The fourth-order valence-corrected chi connectivity index (χ4v) is 9.97. The van der Waals surface area contributed by atoms with Crippen LogP contribution in [0.3, 0.4) is 0 Å². The summed E-state index contributed by atoms with van der Waals surface area (Å²) in [7, 11) is -3.95. The maximum Gasteiger partial charge on any atom is 0.460 e.